The maximum atomic E-state index is 12.2. The summed E-state index contributed by atoms with van der Waals surface area (Å²) in [5.41, 5.74) is 3.31. The van der Waals surface area contributed by atoms with Crippen LogP contribution in [0.15, 0.2) is 42.5 Å². The van der Waals surface area contributed by atoms with Crippen molar-refractivity contribution in [2.24, 2.45) is 0 Å². The zero-order chi connectivity index (χ0) is 17.5. The summed E-state index contributed by atoms with van der Waals surface area (Å²) in [6, 6.07) is 13.7. The molecule has 0 spiro atoms. The van der Waals surface area contributed by atoms with Gasteiger partial charge < -0.3 is 14.4 Å². The van der Waals surface area contributed by atoms with E-state index in [2.05, 4.69) is 6.07 Å². The molecule has 0 saturated carbocycles. The molecule has 2 rings (SSSR count). The Kier molecular flexibility index (Phi) is 6.24. The molecule has 2 aromatic carbocycles. The highest BCUT2D eigenvalue weighted by Crippen LogP contribution is 2.17. The quantitative estimate of drug-likeness (QED) is 0.777. The third-order valence-corrected chi connectivity index (χ3v) is 3.64. The van der Waals surface area contributed by atoms with Gasteiger partial charge in [0.25, 0.3) is 5.91 Å². The second-order valence-electron chi connectivity index (χ2n) is 5.94. The van der Waals surface area contributed by atoms with Crippen LogP contribution in [0.1, 0.15) is 23.6 Å². The van der Waals surface area contributed by atoms with E-state index in [0.29, 0.717) is 13.2 Å². The van der Waals surface area contributed by atoms with E-state index in [9.17, 15) is 4.79 Å². The molecule has 128 valence electrons. The number of likely N-dealkylation sites (N-methyl/N-ethyl adjacent to an activating group) is 1. The van der Waals surface area contributed by atoms with Crippen LogP contribution in [0.2, 0.25) is 0 Å². The van der Waals surface area contributed by atoms with Crippen molar-refractivity contribution in [2.45, 2.75) is 27.3 Å². The minimum absolute atomic E-state index is 0.0381. The van der Waals surface area contributed by atoms with E-state index in [0.717, 1.165) is 28.2 Å². The van der Waals surface area contributed by atoms with Crippen LogP contribution in [-0.2, 0) is 11.3 Å². The van der Waals surface area contributed by atoms with Gasteiger partial charge in [-0.3, -0.25) is 4.79 Å². The summed E-state index contributed by atoms with van der Waals surface area (Å²) in [6.07, 6.45) is 0. The van der Waals surface area contributed by atoms with Gasteiger partial charge in [-0.2, -0.15) is 0 Å². The fourth-order valence-corrected chi connectivity index (χ4v) is 2.49. The highest BCUT2D eigenvalue weighted by molar-refractivity contribution is 5.77. The fourth-order valence-electron chi connectivity index (χ4n) is 2.49. The number of hydrogen-bond acceptors (Lipinski definition) is 3. The molecule has 0 saturated heterocycles. The first-order chi connectivity index (χ1) is 11.5. The molecular formula is C20H25NO3. The van der Waals surface area contributed by atoms with E-state index in [4.69, 9.17) is 9.47 Å². The zero-order valence-corrected chi connectivity index (χ0v) is 14.8. The van der Waals surface area contributed by atoms with Gasteiger partial charge >= 0.3 is 0 Å². The number of amides is 1. The van der Waals surface area contributed by atoms with Crippen molar-refractivity contribution in [2.75, 3.05) is 20.3 Å². The van der Waals surface area contributed by atoms with Gasteiger partial charge in [-0.15, -0.1) is 0 Å². The van der Waals surface area contributed by atoms with Crippen molar-refractivity contribution in [1.29, 1.82) is 0 Å². The zero-order valence-electron chi connectivity index (χ0n) is 14.8. The summed E-state index contributed by atoms with van der Waals surface area (Å²) >= 11 is 0. The molecule has 2 aromatic rings. The SMILES string of the molecule is CCOc1ccc(CN(C)C(=O)COc2cc(C)cc(C)c2)cc1. The molecule has 1 amide bonds. The summed E-state index contributed by atoms with van der Waals surface area (Å²) in [5.74, 6) is 1.52. The van der Waals surface area contributed by atoms with Crippen molar-refractivity contribution in [3.05, 3.63) is 59.2 Å². The number of nitrogens with zero attached hydrogens (tertiary/aromatic N) is 1. The largest absolute Gasteiger partial charge is 0.494 e. The molecule has 4 nitrogen and oxygen atoms in total. The molecule has 0 fully saturated rings. The van der Waals surface area contributed by atoms with Crippen LogP contribution in [0.4, 0.5) is 0 Å². The van der Waals surface area contributed by atoms with Gasteiger partial charge in [-0.1, -0.05) is 18.2 Å². The Morgan fingerprint density at radius 3 is 2.17 bits per heavy atom. The van der Waals surface area contributed by atoms with Crippen LogP contribution in [0, 0.1) is 13.8 Å². The van der Waals surface area contributed by atoms with Crippen LogP contribution in [0.5, 0.6) is 11.5 Å². The van der Waals surface area contributed by atoms with Gasteiger partial charge in [0.2, 0.25) is 0 Å². The standard InChI is InChI=1S/C20H25NO3/c1-5-23-18-8-6-17(7-9-18)13-21(4)20(22)14-24-19-11-15(2)10-16(3)12-19/h6-12H,5,13-14H2,1-4H3. The van der Waals surface area contributed by atoms with Crippen molar-refractivity contribution >= 4 is 5.91 Å². The lowest BCUT2D eigenvalue weighted by atomic mass is 10.1. The molecule has 0 aliphatic carbocycles. The van der Waals surface area contributed by atoms with Gasteiger partial charge in [-0.25, -0.2) is 0 Å². The Morgan fingerprint density at radius 2 is 1.58 bits per heavy atom. The summed E-state index contributed by atoms with van der Waals surface area (Å²) in [4.78, 5) is 13.9. The first-order valence-corrected chi connectivity index (χ1v) is 8.14. The number of benzene rings is 2. The Labute approximate surface area is 144 Å². The minimum Gasteiger partial charge on any atom is -0.494 e. The maximum absolute atomic E-state index is 12.2. The van der Waals surface area contributed by atoms with Gasteiger partial charge in [0.1, 0.15) is 11.5 Å². The number of carbonyl (C=O) groups excluding carboxylic acids is 1. The lowest BCUT2D eigenvalue weighted by molar-refractivity contribution is -0.132. The van der Waals surface area contributed by atoms with E-state index < -0.39 is 0 Å². The third kappa shape index (κ3) is 5.30. The van der Waals surface area contributed by atoms with Gasteiger partial charge in [0.15, 0.2) is 6.61 Å². The Balaban J connectivity index is 1.87. The summed E-state index contributed by atoms with van der Waals surface area (Å²) in [7, 11) is 1.78. The highest BCUT2D eigenvalue weighted by Gasteiger charge is 2.10. The molecule has 0 atom stereocenters. The number of carbonyl (C=O) groups is 1. The smallest absolute Gasteiger partial charge is 0.260 e. The topological polar surface area (TPSA) is 38.8 Å². The van der Waals surface area contributed by atoms with E-state index in [-0.39, 0.29) is 12.5 Å². The Bertz CT molecular complexity index is 660. The predicted molar refractivity (Wildman–Crippen MR) is 95.5 cm³/mol. The van der Waals surface area contributed by atoms with Crippen molar-refractivity contribution < 1.29 is 14.3 Å². The lowest BCUT2D eigenvalue weighted by Gasteiger charge is -2.18. The minimum atomic E-state index is -0.0527. The molecule has 0 unspecified atom stereocenters. The van der Waals surface area contributed by atoms with E-state index in [1.807, 2.05) is 57.2 Å². The average molecular weight is 327 g/mol. The molecule has 0 aromatic heterocycles. The Hall–Kier alpha value is -2.49. The second-order valence-corrected chi connectivity index (χ2v) is 5.94. The normalized spacial score (nSPS) is 10.3. The number of ether oxygens (including phenoxy) is 2. The van der Waals surface area contributed by atoms with Crippen LogP contribution in [-0.4, -0.2) is 31.1 Å². The molecule has 24 heavy (non-hydrogen) atoms. The summed E-state index contributed by atoms with van der Waals surface area (Å²) in [5, 5.41) is 0. The number of aryl methyl sites for hydroxylation is 2. The van der Waals surface area contributed by atoms with Crippen molar-refractivity contribution in [1.82, 2.24) is 4.90 Å². The molecule has 4 heteroatoms. The summed E-state index contributed by atoms with van der Waals surface area (Å²) in [6.45, 7) is 7.21. The molecule has 0 aliphatic rings. The molecule has 0 radical (unpaired) electrons. The third-order valence-electron chi connectivity index (χ3n) is 3.64. The molecular weight excluding hydrogens is 302 g/mol. The van der Waals surface area contributed by atoms with E-state index >= 15 is 0 Å². The first-order valence-electron chi connectivity index (χ1n) is 8.14. The Morgan fingerprint density at radius 1 is 0.958 bits per heavy atom. The highest BCUT2D eigenvalue weighted by atomic mass is 16.5. The van der Waals surface area contributed by atoms with Crippen molar-refractivity contribution in [3.8, 4) is 11.5 Å². The molecule has 0 heterocycles. The van der Waals surface area contributed by atoms with E-state index in [1.54, 1.807) is 11.9 Å². The number of rotatable bonds is 7. The average Bonchev–Trinajstić information content (AvgIpc) is 2.54. The van der Waals surface area contributed by atoms with Crippen molar-refractivity contribution in [3.63, 3.8) is 0 Å². The van der Waals surface area contributed by atoms with Crippen LogP contribution in [0.3, 0.4) is 0 Å². The molecule has 0 bridgehead atoms. The van der Waals surface area contributed by atoms with Gasteiger partial charge in [-0.05, 0) is 61.7 Å². The van der Waals surface area contributed by atoms with Crippen LogP contribution in [0.25, 0.3) is 0 Å². The van der Waals surface area contributed by atoms with Crippen LogP contribution < -0.4 is 9.47 Å². The van der Waals surface area contributed by atoms with E-state index in [1.165, 1.54) is 0 Å². The first kappa shape index (κ1) is 17.9. The molecule has 0 N–H and O–H groups in total. The summed E-state index contributed by atoms with van der Waals surface area (Å²) < 4.78 is 11.0. The maximum Gasteiger partial charge on any atom is 0.260 e. The number of hydrogen-bond donors (Lipinski definition) is 0. The lowest BCUT2D eigenvalue weighted by Crippen LogP contribution is -2.30. The predicted octanol–water partition coefficient (Wildman–Crippen LogP) is 3.74. The monoisotopic (exact) mass is 327 g/mol. The fraction of sp³-hybridized carbons (Fsp3) is 0.350. The van der Waals surface area contributed by atoms with Gasteiger partial charge in [0, 0.05) is 13.6 Å². The van der Waals surface area contributed by atoms with Gasteiger partial charge in [0.05, 0.1) is 6.61 Å². The second kappa shape index (κ2) is 8.39. The molecule has 0 aliphatic heterocycles. The van der Waals surface area contributed by atoms with Crippen LogP contribution >= 0.6 is 0 Å².